The molecule has 0 aliphatic heterocycles. The van der Waals surface area contributed by atoms with Gasteiger partial charge in [-0.15, -0.1) is 5.10 Å². The summed E-state index contributed by atoms with van der Waals surface area (Å²) in [4.78, 5) is 11.6. The summed E-state index contributed by atoms with van der Waals surface area (Å²) in [6.45, 7) is 5.60. The predicted octanol–water partition coefficient (Wildman–Crippen LogP) is 3.01. The first-order valence-electron chi connectivity index (χ1n) is 5.52. The van der Waals surface area contributed by atoms with E-state index in [9.17, 15) is 4.79 Å². The number of anilines is 1. The fourth-order valence-electron chi connectivity index (χ4n) is 1.27. The second-order valence-corrected chi connectivity index (χ2v) is 5.63. The number of aromatic nitrogens is 2. The molecule has 0 atom stereocenters. The molecule has 2 rings (SSSR count). The maximum atomic E-state index is 11.6. The molecule has 0 fully saturated rings. The van der Waals surface area contributed by atoms with Crippen molar-refractivity contribution in [2.75, 3.05) is 5.32 Å². The highest BCUT2D eigenvalue weighted by Crippen LogP contribution is 2.24. The molecule has 2 heterocycles. The zero-order valence-electron chi connectivity index (χ0n) is 10.7. The topological polar surface area (TPSA) is 93.2 Å². The van der Waals surface area contributed by atoms with Crippen LogP contribution in [0.4, 0.5) is 10.8 Å². The summed E-state index contributed by atoms with van der Waals surface area (Å²) >= 11 is 3.17. The fourth-order valence-corrected chi connectivity index (χ4v) is 1.58. The maximum absolute atomic E-state index is 11.6. The standard InChI is InChI=1S/C11H13BrN4O3/c1-11(2,3)14-9(17)13-10-16-15-8(19-10)6-4-5-7(12)18-6/h4-5H,1-3H3,(H2,13,14,16,17). The van der Waals surface area contributed by atoms with E-state index >= 15 is 0 Å². The normalized spacial score (nSPS) is 11.4. The number of nitrogens with zero attached hydrogens (tertiary/aromatic N) is 2. The van der Waals surface area contributed by atoms with E-state index in [0.29, 0.717) is 10.4 Å². The van der Waals surface area contributed by atoms with Crippen LogP contribution in [0.15, 0.2) is 25.6 Å². The summed E-state index contributed by atoms with van der Waals surface area (Å²) in [6.07, 6.45) is 0. The average Bonchev–Trinajstić information content (AvgIpc) is 2.83. The molecule has 0 saturated heterocycles. The van der Waals surface area contributed by atoms with Gasteiger partial charge in [-0.1, -0.05) is 5.10 Å². The zero-order chi connectivity index (χ0) is 14.0. The molecule has 0 aliphatic carbocycles. The van der Waals surface area contributed by atoms with Crippen LogP contribution in [0.2, 0.25) is 0 Å². The Morgan fingerprint density at radius 2 is 2.00 bits per heavy atom. The molecule has 102 valence electrons. The number of furan rings is 1. The third-order valence-corrected chi connectivity index (χ3v) is 2.34. The van der Waals surface area contributed by atoms with Crippen molar-refractivity contribution in [1.82, 2.24) is 15.5 Å². The maximum Gasteiger partial charge on any atom is 0.324 e. The van der Waals surface area contributed by atoms with Crippen LogP contribution in [0.5, 0.6) is 0 Å². The van der Waals surface area contributed by atoms with Crippen molar-refractivity contribution < 1.29 is 13.6 Å². The Bertz CT molecular complexity index is 585. The van der Waals surface area contributed by atoms with Crippen LogP contribution in [0, 0.1) is 0 Å². The van der Waals surface area contributed by atoms with Crippen LogP contribution in [-0.4, -0.2) is 21.8 Å². The van der Waals surface area contributed by atoms with Crippen LogP contribution < -0.4 is 10.6 Å². The molecule has 8 heteroatoms. The smallest absolute Gasteiger partial charge is 0.324 e. The lowest BCUT2D eigenvalue weighted by Crippen LogP contribution is -2.43. The monoisotopic (exact) mass is 328 g/mol. The molecule has 0 saturated carbocycles. The van der Waals surface area contributed by atoms with E-state index in [-0.39, 0.29) is 17.4 Å². The molecular weight excluding hydrogens is 316 g/mol. The van der Waals surface area contributed by atoms with Crippen molar-refractivity contribution in [1.29, 1.82) is 0 Å². The van der Waals surface area contributed by atoms with Crippen molar-refractivity contribution in [2.45, 2.75) is 26.3 Å². The number of carbonyl (C=O) groups excluding carboxylic acids is 1. The van der Waals surface area contributed by atoms with E-state index in [1.54, 1.807) is 12.1 Å². The molecule has 2 amide bonds. The molecule has 0 spiro atoms. The summed E-state index contributed by atoms with van der Waals surface area (Å²) < 4.78 is 11.1. The number of halogens is 1. The van der Waals surface area contributed by atoms with Gasteiger partial charge in [0.05, 0.1) is 0 Å². The van der Waals surface area contributed by atoms with Crippen LogP contribution in [0.25, 0.3) is 11.7 Å². The summed E-state index contributed by atoms with van der Waals surface area (Å²) in [5.74, 6) is 0.611. The van der Waals surface area contributed by atoms with Gasteiger partial charge in [-0.3, -0.25) is 5.32 Å². The predicted molar refractivity (Wildman–Crippen MR) is 71.6 cm³/mol. The van der Waals surface area contributed by atoms with Gasteiger partial charge >= 0.3 is 12.0 Å². The number of carbonyl (C=O) groups is 1. The summed E-state index contributed by atoms with van der Waals surface area (Å²) in [5.41, 5.74) is -0.348. The van der Waals surface area contributed by atoms with Gasteiger partial charge in [-0.25, -0.2) is 4.79 Å². The van der Waals surface area contributed by atoms with E-state index in [2.05, 4.69) is 36.8 Å². The highest BCUT2D eigenvalue weighted by Gasteiger charge is 2.17. The molecule has 0 unspecified atom stereocenters. The number of nitrogens with one attached hydrogen (secondary N) is 2. The highest BCUT2D eigenvalue weighted by molar-refractivity contribution is 9.10. The average molecular weight is 329 g/mol. The molecule has 7 nitrogen and oxygen atoms in total. The van der Waals surface area contributed by atoms with Crippen LogP contribution >= 0.6 is 15.9 Å². The van der Waals surface area contributed by atoms with E-state index in [1.807, 2.05) is 20.8 Å². The Hall–Kier alpha value is -1.83. The van der Waals surface area contributed by atoms with E-state index < -0.39 is 6.03 Å². The van der Waals surface area contributed by atoms with Gasteiger partial charge in [0.25, 0.3) is 5.89 Å². The van der Waals surface area contributed by atoms with E-state index in [4.69, 9.17) is 8.83 Å². The lowest BCUT2D eigenvalue weighted by molar-refractivity contribution is 0.243. The largest absolute Gasteiger partial charge is 0.444 e. The number of amides is 2. The molecule has 0 aromatic carbocycles. The fraction of sp³-hybridized carbons (Fsp3) is 0.364. The highest BCUT2D eigenvalue weighted by atomic mass is 79.9. The first kappa shape index (κ1) is 13.6. The number of urea groups is 1. The molecule has 2 aromatic rings. The molecule has 2 aromatic heterocycles. The Morgan fingerprint density at radius 3 is 2.58 bits per heavy atom. The van der Waals surface area contributed by atoms with Crippen molar-refractivity contribution in [3.05, 3.63) is 16.8 Å². The first-order valence-corrected chi connectivity index (χ1v) is 6.31. The molecule has 0 radical (unpaired) electrons. The Morgan fingerprint density at radius 1 is 1.26 bits per heavy atom. The van der Waals surface area contributed by atoms with Gasteiger partial charge in [0, 0.05) is 5.54 Å². The van der Waals surface area contributed by atoms with Crippen molar-refractivity contribution in [3.8, 4) is 11.7 Å². The van der Waals surface area contributed by atoms with Gasteiger partial charge in [-0.2, -0.15) is 0 Å². The van der Waals surface area contributed by atoms with Gasteiger partial charge in [-0.05, 0) is 48.8 Å². The Labute approximate surface area is 117 Å². The second-order valence-electron chi connectivity index (χ2n) is 4.85. The zero-order valence-corrected chi connectivity index (χ0v) is 12.2. The minimum atomic E-state index is -0.414. The molecular formula is C11H13BrN4O3. The minimum absolute atomic E-state index is 0.00396. The number of hydrogen-bond acceptors (Lipinski definition) is 5. The summed E-state index contributed by atoms with van der Waals surface area (Å²) in [6, 6.07) is 2.97. The van der Waals surface area contributed by atoms with Gasteiger partial charge < -0.3 is 14.2 Å². The molecule has 0 aliphatic rings. The van der Waals surface area contributed by atoms with Crippen LogP contribution in [-0.2, 0) is 0 Å². The quantitative estimate of drug-likeness (QED) is 0.883. The van der Waals surface area contributed by atoms with Crippen LogP contribution in [0.3, 0.4) is 0 Å². The number of rotatable bonds is 2. The van der Waals surface area contributed by atoms with Crippen molar-refractivity contribution in [2.24, 2.45) is 0 Å². The molecule has 0 bridgehead atoms. The lowest BCUT2D eigenvalue weighted by atomic mass is 10.1. The van der Waals surface area contributed by atoms with Crippen molar-refractivity contribution in [3.63, 3.8) is 0 Å². The third-order valence-electron chi connectivity index (χ3n) is 1.92. The Balaban J connectivity index is 2.04. The molecule has 19 heavy (non-hydrogen) atoms. The SMILES string of the molecule is CC(C)(C)NC(=O)Nc1nnc(-c2ccc(Br)o2)o1. The molecule has 2 N–H and O–H groups in total. The lowest BCUT2D eigenvalue weighted by Gasteiger charge is -2.19. The second kappa shape index (κ2) is 5.04. The minimum Gasteiger partial charge on any atom is -0.444 e. The van der Waals surface area contributed by atoms with Gasteiger partial charge in [0.15, 0.2) is 10.4 Å². The van der Waals surface area contributed by atoms with Crippen LogP contribution in [0.1, 0.15) is 20.8 Å². The van der Waals surface area contributed by atoms with E-state index in [0.717, 1.165) is 0 Å². The van der Waals surface area contributed by atoms with E-state index in [1.165, 1.54) is 0 Å². The van der Waals surface area contributed by atoms with Gasteiger partial charge in [0.1, 0.15) is 0 Å². The summed E-state index contributed by atoms with van der Waals surface area (Å²) in [7, 11) is 0. The third kappa shape index (κ3) is 3.82. The summed E-state index contributed by atoms with van der Waals surface area (Å²) in [5, 5.41) is 12.6. The van der Waals surface area contributed by atoms with Gasteiger partial charge in [0.2, 0.25) is 0 Å². The Kier molecular flexibility index (Phi) is 3.61. The first-order chi connectivity index (χ1) is 8.83. The number of hydrogen-bond donors (Lipinski definition) is 2. The van der Waals surface area contributed by atoms with Crippen molar-refractivity contribution >= 4 is 28.0 Å².